The van der Waals surface area contributed by atoms with Gasteiger partial charge < -0.3 is 14.2 Å². The number of methoxy groups -OCH3 is 1. The summed E-state index contributed by atoms with van der Waals surface area (Å²) < 4.78 is 16.6. The summed E-state index contributed by atoms with van der Waals surface area (Å²) in [5.74, 6) is 0.634. The molecule has 29 heavy (non-hydrogen) atoms. The number of rotatable bonds is 9. The second-order valence-corrected chi connectivity index (χ2v) is 7.60. The normalized spacial score (nSPS) is 15.2. The number of fused-ring (bicyclic) bond motifs is 1. The van der Waals surface area contributed by atoms with Crippen LogP contribution in [0.3, 0.4) is 0 Å². The molecule has 0 saturated heterocycles. The molecule has 0 spiro atoms. The molecule has 2 aromatic carbocycles. The molecule has 1 atom stereocenters. The summed E-state index contributed by atoms with van der Waals surface area (Å²) >= 11 is 0. The number of nitrogens with zero attached hydrogens (tertiary/aromatic N) is 1. The van der Waals surface area contributed by atoms with Crippen LogP contribution in [0.2, 0.25) is 0 Å². The van der Waals surface area contributed by atoms with E-state index in [0.717, 1.165) is 29.5 Å². The van der Waals surface area contributed by atoms with Crippen LogP contribution in [0.25, 0.3) is 0 Å². The average Bonchev–Trinajstić information content (AvgIpc) is 2.74. The second-order valence-electron chi connectivity index (χ2n) is 7.60. The van der Waals surface area contributed by atoms with Gasteiger partial charge in [0, 0.05) is 26.4 Å². The van der Waals surface area contributed by atoms with E-state index in [1.165, 1.54) is 0 Å². The van der Waals surface area contributed by atoms with E-state index >= 15 is 0 Å². The van der Waals surface area contributed by atoms with E-state index in [0.29, 0.717) is 30.4 Å². The lowest BCUT2D eigenvalue weighted by molar-refractivity contribution is 0.0467. The predicted molar refractivity (Wildman–Crippen MR) is 114 cm³/mol. The molecule has 0 N–H and O–H groups in total. The molecule has 154 valence electrons. The lowest BCUT2D eigenvalue weighted by atomic mass is 9.90. The summed E-state index contributed by atoms with van der Waals surface area (Å²) in [6.07, 6.45) is 3.46. The first-order chi connectivity index (χ1) is 14.1. The highest BCUT2D eigenvalue weighted by atomic mass is 16.5. The molecule has 1 aliphatic heterocycles. The number of ether oxygens (including phenoxy) is 3. The van der Waals surface area contributed by atoms with Crippen molar-refractivity contribution in [1.82, 2.24) is 0 Å². The Kier molecular flexibility index (Phi) is 7.42. The first-order valence-electron chi connectivity index (χ1n) is 10.1. The second kappa shape index (κ2) is 10.2. The molecule has 0 saturated carbocycles. The number of carbonyl (C=O) groups excluding carboxylic acids is 1. The van der Waals surface area contributed by atoms with E-state index in [2.05, 4.69) is 18.8 Å². The molecule has 0 amide bonds. The number of benzene rings is 2. The summed E-state index contributed by atoms with van der Waals surface area (Å²) in [5, 5.41) is 0. The number of hydrogen-bond acceptors (Lipinski definition) is 5. The van der Waals surface area contributed by atoms with Crippen LogP contribution in [0.5, 0.6) is 5.75 Å². The molecule has 2 aromatic rings. The van der Waals surface area contributed by atoms with Gasteiger partial charge in [0.1, 0.15) is 17.9 Å². The summed E-state index contributed by atoms with van der Waals surface area (Å²) in [4.78, 5) is 17.5. The molecule has 0 bridgehead atoms. The standard InChI is InChI=1S/C24H29NO4/c1-17(2)22-13-19-14-23(28-11-7-10-27-3)21(12-20(19)15-25-22)24(26)29-16-18-8-5-4-6-9-18/h4-6,8-9,12,14-15,17,22H,7,10-11,13,16H2,1-3H3. The van der Waals surface area contributed by atoms with E-state index in [1.807, 2.05) is 48.7 Å². The maximum Gasteiger partial charge on any atom is 0.342 e. The van der Waals surface area contributed by atoms with Crippen molar-refractivity contribution >= 4 is 12.2 Å². The van der Waals surface area contributed by atoms with Gasteiger partial charge in [-0.25, -0.2) is 4.79 Å². The maximum absolute atomic E-state index is 12.8. The fourth-order valence-electron chi connectivity index (χ4n) is 3.26. The van der Waals surface area contributed by atoms with E-state index in [-0.39, 0.29) is 12.6 Å². The Morgan fingerprint density at radius 3 is 2.69 bits per heavy atom. The molecule has 1 unspecified atom stereocenters. The van der Waals surface area contributed by atoms with Gasteiger partial charge in [-0.15, -0.1) is 0 Å². The minimum absolute atomic E-state index is 0.226. The van der Waals surface area contributed by atoms with Crippen molar-refractivity contribution in [3.8, 4) is 5.75 Å². The molecule has 0 fully saturated rings. The van der Waals surface area contributed by atoms with Crippen LogP contribution in [0.15, 0.2) is 47.5 Å². The van der Waals surface area contributed by atoms with Gasteiger partial charge in [-0.3, -0.25) is 4.99 Å². The third-order valence-electron chi connectivity index (χ3n) is 5.03. The number of esters is 1. The van der Waals surface area contributed by atoms with Crippen LogP contribution in [0.1, 0.15) is 47.3 Å². The van der Waals surface area contributed by atoms with Gasteiger partial charge in [0.25, 0.3) is 0 Å². The molecule has 0 aromatic heterocycles. The Balaban J connectivity index is 1.80. The van der Waals surface area contributed by atoms with Crippen molar-refractivity contribution in [1.29, 1.82) is 0 Å². The molecule has 0 radical (unpaired) electrons. The van der Waals surface area contributed by atoms with E-state index in [4.69, 9.17) is 14.2 Å². The zero-order chi connectivity index (χ0) is 20.6. The van der Waals surface area contributed by atoms with Crippen molar-refractivity contribution in [3.05, 3.63) is 64.7 Å². The highest BCUT2D eigenvalue weighted by molar-refractivity contribution is 5.96. The van der Waals surface area contributed by atoms with Gasteiger partial charge in [0.15, 0.2) is 0 Å². The Labute approximate surface area is 172 Å². The first-order valence-corrected chi connectivity index (χ1v) is 10.1. The third kappa shape index (κ3) is 5.67. The van der Waals surface area contributed by atoms with Gasteiger partial charge >= 0.3 is 5.97 Å². The van der Waals surface area contributed by atoms with Gasteiger partial charge in [-0.05, 0) is 41.2 Å². The van der Waals surface area contributed by atoms with Crippen molar-refractivity contribution in [2.45, 2.75) is 39.3 Å². The molecule has 5 nitrogen and oxygen atoms in total. The first kappa shape index (κ1) is 21.1. The van der Waals surface area contributed by atoms with Crippen LogP contribution >= 0.6 is 0 Å². The highest BCUT2D eigenvalue weighted by Crippen LogP contribution is 2.29. The van der Waals surface area contributed by atoms with Gasteiger partial charge in [0.2, 0.25) is 0 Å². The Hall–Kier alpha value is -2.66. The van der Waals surface area contributed by atoms with Gasteiger partial charge in [-0.2, -0.15) is 0 Å². The quantitative estimate of drug-likeness (QED) is 0.465. The molecule has 0 aliphatic carbocycles. The third-order valence-corrected chi connectivity index (χ3v) is 5.03. The largest absolute Gasteiger partial charge is 0.493 e. The predicted octanol–water partition coefficient (Wildman–Crippen LogP) is 4.46. The van der Waals surface area contributed by atoms with Crippen LogP contribution in [0, 0.1) is 5.92 Å². The minimum Gasteiger partial charge on any atom is -0.493 e. The molecular formula is C24H29NO4. The Morgan fingerprint density at radius 2 is 1.97 bits per heavy atom. The summed E-state index contributed by atoms with van der Waals surface area (Å²) in [6, 6.07) is 13.7. The molecule has 3 rings (SSSR count). The summed E-state index contributed by atoms with van der Waals surface area (Å²) in [7, 11) is 1.66. The lowest BCUT2D eigenvalue weighted by Crippen LogP contribution is -2.22. The van der Waals surface area contributed by atoms with Crippen molar-refractivity contribution in [2.75, 3.05) is 20.3 Å². The zero-order valence-corrected chi connectivity index (χ0v) is 17.4. The summed E-state index contributed by atoms with van der Waals surface area (Å²) in [5.41, 5.74) is 3.49. The van der Waals surface area contributed by atoms with Crippen LogP contribution in [-0.2, 0) is 22.5 Å². The molecular weight excluding hydrogens is 366 g/mol. The number of aliphatic imine (C=N–C) groups is 1. The van der Waals surface area contributed by atoms with Crippen molar-refractivity contribution < 1.29 is 19.0 Å². The smallest absolute Gasteiger partial charge is 0.342 e. The topological polar surface area (TPSA) is 57.1 Å². The van der Waals surface area contributed by atoms with E-state index in [9.17, 15) is 4.79 Å². The van der Waals surface area contributed by atoms with E-state index in [1.54, 1.807) is 7.11 Å². The Bertz CT molecular complexity index is 845. The number of hydrogen-bond donors (Lipinski definition) is 0. The van der Waals surface area contributed by atoms with Crippen LogP contribution in [0.4, 0.5) is 0 Å². The minimum atomic E-state index is -0.391. The van der Waals surface area contributed by atoms with E-state index < -0.39 is 5.97 Å². The molecule has 1 aliphatic rings. The molecule has 1 heterocycles. The van der Waals surface area contributed by atoms with Gasteiger partial charge in [-0.1, -0.05) is 44.2 Å². The van der Waals surface area contributed by atoms with Crippen molar-refractivity contribution in [3.63, 3.8) is 0 Å². The highest BCUT2D eigenvalue weighted by Gasteiger charge is 2.23. The Morgan fingerprint density at radius 1 is 1.17 bits per heavy atom. The average molecular weight is 395 g/mol. The van der Waals surface area contributed by atoms with Crippen LogP contribution in [-0.4, -0.2) is 38.5 Å². The fraction of sp³-hybridized carbons (Fsp3) is 0.417. The van der Waals surface area contributed by atoms with Crippen molar-refractivity contribution in [2.24, 2.45) is 10.9 Å². The zero-order valence-electron chi connectivity index (χ0n) is 17.4. The van der Waals surface area contributed by atoms with Crippen LogP contribution < -0.4 is 4.74 Å². The summed E-state index contributed by atoms with van der Waals surface area (Å²) in [6.45, 7) is 5.66. The SMILES string of the molecule is COCCCOc1cc2c(cc1C(=O)OCc1ccccc1)C=NC(C(C)C)C2. The maximum atomic E-state index is 12.8. The molecule has 5 heteroatoms. The lowest BCUT2D eigenvalue weighted by Gasteiger charge is -2.23. The fourth-order valence-corrected chi connectivity index (χ4v) is 3.26. The monoisotopic (exact) mass is 395 g/mol. The number of carbonyl (C=O) groups is 1. The van der Waals surface area contributed by atoms with Gasteiger partial charge in [0.05, 0.1) is 12.6 Å².